The van der Waals surface area contributed by atoms with Crippen LogP contribution in [0, 0.1) is 11.8 Å². The number of hydrogen-bond donors (Lipinski definition) is 4. The molecule has 7 nitrogen and oxygen atoms in total. The number of likely N-dealkylation sites (tertiary alicyclic amines) is 1. The van der Waals surface area contributed by atoms with Gasteiger partial charge < -0.3 is 25.3 Å². The van der Waals surface area contributed by atoms with E-state index in [1.54, 1.807) is 39.8 Å². The second-order valence-corrected chi connectivity index (χ2v) is 8.31. The van der Waals surface area contributed by atoms with Gasteiger partial charge in [-0.15, -0.1) is 12.4 Å². The molecule has 2 aromatic carbocycles. The minimum atomic E-state index is -0.741. The number of carboxylic acids is 2. The SMILES string of the molecule is CC(C)C(=O)O.CC(C)C(=O)O.Cl.Oc1cc2ccc(CCN3CCCC3)cc2cc1O. The van der Waals surface area contributed by atoms with Crippen LogP contribution < -0.4 is 0 Å². The zero-order valence-electron chi connectivity index (χ0n) is 19.2. The monoisotopic (exact) mass is 469 g/mol. The molecule has 32 heavy (non-hydrogen) atoms. The van der Waals surface area contributed by atoms with E-state index in [1.807, 2.05) is 6.07 Å². The lowest BCUT2D eigenvalue weighted by Crippen LogP contribution is -2.21. The summed E-state index contributed by atoms with van der Waals surface area (Å²) in [6.07, 6.45) is 3.69. The molecule has 4 N–H and O–H groups in total. The van der Waals surface area contributed by atoms with Gasteiger partial charge in [0, 0.05) is 6.54 Å². The largest absolute Gasteiger partial charge is 0.504 e. The van der Waals surface area contributed by atoms with Crippen molar-refractivity contribution in [2.45, 2.75) is 47.0 Å². The molecule has 2 aromatic rings. The lowest BCUT2D eigenvalue weighted by Gasteiger charge is -2.14. The topological polar surface area (TPSA) is 118 Å². The van der Waals surface area contributed by atoms with Gasteiger partial charge in [0.05, 0.1) is 11.8 Å². The van der Waals surface area contributed by atoms with Gasteiger partial charge in [0.1, 0.15) is 0 Å². The van der Waals surface area contributed by atoms with E-state index in [1.165, 1.54) is 31.5 Å². The average Bonchev–Trinajstić information content (AvgIpc) is 3.22. The lowest BCUT2D eigenvalue weighted by atomic mass is 10.0. The van der Waals surface area contributed by atoms with Crippen molar-refractivity contribution in [2.24, 2.45) is 11.8 Å². The molecule has 0 aromatic heterocycles. The number of phenols is 2. The number of fused-ring (bicyclic) bond motifs is 1. The van der Waals surface area contributed by atoms with E-state index in [2.05, 4.69) is 17.0 Å². The maximum atomic E-state index is 9.70. The Morgan fingerprint density at radius 1 is 0.844 bits per heavy atom. The Morgan fingerprint density at radius 3 is 1.72 bits per heavy atom. The third-order valence-corrected chi connectivity index (χ3v) is 4.90. The van der Waals surface area contributed by atoms with Crippen LogP contribution in [0.2, 0.25) is 0 Å². The van der Waals surface area contributed by atoms with Crippen LogP contribution in [0.25, 0.3) is 10.8 Å². The fourth-order valence-electron chi connectivity index (χ4n) is 2.77. The van der Waals surface area contributed by atoms with Crippen molar-refractivity contribution < 1.29 is 30.0 Å². The van der Waals surface area contributed by atoms with E-state index in [4.69, 9.17) is 10.2 Å². The van der Waals surface area contributed by atoms with Crippen molar-refractivity contribution in [3.63, 3.8) is 0 Å². The van der Waals surface area contributed by atoms with Crippen molar-refractivity contribution in [1.29, 1.82) is 0 Å². The number of nitrogens with zero attached hydrogens (tertiary/aromatic N) is 1. The molecule has 0 bridgehead atoms. The highest BCUT2D eigenvalue weighted by molar-refractivity contribution is 5.86. The summed E-state index contributed by atoms with van der Waals surface area (Å²) in [5.74, 6) is -2.05. The average molecular weight is 470 g/mol. The zero-order chi connectivity index (χ0) is 23.6. The third kappa shape index (κ3) is 10.7. The zero-order valence-corrected chi connectivity index (χ0v) is 20.1. The molecule has 1 fully saturated rings. The van der Waals surface area contributed by atoms with Crippen molar-refractivity contribution in [2.75, 3.05) is 19.6 Å². The Bertz CT molecular complexity index is 845. The highest BCUT2D eigenvalue weighted by atomic mass is 35.5. The Kier molecular flexibility index (Phi) is 13.4. The first-order valence-corrected chi connectivity index (χ1v) is 10.6. The van der Waals surface area contributed by atoms with Crippen LogP contribution in [0.3, 0.4) is 0 Å². The number of carbonyl (C=O) groups is 2. The number of aliphatic carboxylic acids is 2. The number of hydrogen-bond acceptors (Lipinski definition) is 5. The third-order valence-electron chi connectivity index (χ3n) is 4.90. The summed E-state index contributed by atoms with van der Waals surface area (Å²) in [5, 5.41) is 37.0. The fraction of sp³-hybridized carbons (Fsp3) is 0.500. The van der Waals surface area contributed by atoms with Gasteiger partial charge in [0.15, 0.2) is 11.5 Å². The molecule has 1 heterocycles. The number of phenolic OH excluding ortho intramolecular Hbond substituents is 2. The first-order valence-electron chi connectivity index (χ1n) is 10.6. The van der Waals surface area contributed by atoms with Gasteiger partial charge in [-0.2, -0.15) is 0 Å². The highest BCUT2D eigenvalue weighted by Gasteiger charge is 2.11. The molecule has 180 valence electrons. The first kappa shape index (κ1) is 29.5. The van der Waals surface area contributed by atoms with E-state index < -0.39 is 11.9 Å². The van der Waals surface area contributed by atoms with E-state index in [0.717, 1.165) is 23.7 Å². The van der Waals surface area contributed by atoms with Crippen LogP contribution in [0.15, 0.2) is 30.3 Å². The summed E-state index contributed by atoms with van der Waals surface area (Å²) >= 11 is 0. The molecule has 1 aliphatic rings. The van der Waals surface area contributed by atoms with E-state index in [-0.39, 0.29) is 35.7 Å². The second-order valence-electron chi connectivity index (χ2n) is 8.31. The molecule has 0 radical (unpaired) electrons. The number of benzene rings is 2. The molecule has 0 spiro atoms. The Balaban J connectivity index is 0.000000620. The van der Waals surface area contributed by atoms with Crippen molar-refractivity contribution >= 4 is 35.1 Å². The van der Waals surface area contributed by atoms with Gasteiger partial charge in [-0.25, -0.2) is 0 Å². The number of rotatable bonds is 5. The van der Waals surface area contributed by atoms with Crippen LogP contribution in [-0.4, -0.2) is 56.9 Å². The molecule has 0 atom stereocenters. The van der Waals surface area contributed by atoms with Crippen LogP contribution in [0.1, 0.15) is 46.1 Å². The lowest BCUT2D eigenvalue weighted by molar-refractivity contribution is -0.141. The summed E-state index contributed by atoms with van der Waals surface area (Å²) in [6, 6.07) is 9.45. The smallest absolute Gasteiger partial charge is 0.305 e. The number of halogens is 1. The van der Waals surface area contributed by atoms with Gasteiger partial charge in [-0.1, -0.05) is 45.9 Å². The predicted molar refractivity (Wildman–Crippen MR) is 129 cm³/mol. The fourth-order valence-corrected chi connectivity index (χ4v) is 2.77. The van der Waals surface area contributed by atoms with E-state index >= 15 is 0 Å². The first-order chi connectivity index (χ1) is 14.5. The van der Waals surface area contributed by atoms with Crippen LogP contribution in [0.5, 0.6) is 11.5 Å². The Hall–Kier alpha value is -2.51. The van der Waals surface area contributed by atoms with Crippen LogP contribution in [0.4, 0.5) is 0 Å². The Morgan fingerprint density at radius 2 is 1.28 bits per heavy atom. The summed E-state index contributed by atoms with van der Waals surface area (Å²) in [6.45, 7) is 10.1. The van der Waals surface area contributed by atoms with E-state index in [9.17, 15) is 19.8 Å². The number of aromatic hydroxyl groups is 2. The quantitative estimate of drug-likeness (QED) is 0.466. The summed E-state index contributed by atoms with van der Waals surface area (Å²) < 4.78 is 0. The molecular weight excluding hydrogens is 434 g/mol. The van der Waals surface area contributed by atoms with Crippen molar-refractivity contribution in [3.8, 4) is 11.5 Å². The maximum Gasteiger partial charge on any atom is 0.305 e. The molecule has 1 saturated heterocycles. The van der Waals surface area contributed by atoms with Gasteiger partial charge in [0.25, 0.3) is 0 Å². The molecule has 1 aliphatic heterocycles. The van der Waals surface area contributed by atoms with E-state index in [0.29, 0.717) is 0 Å². The van der Waals surface area contributed by atoms with Gasteiger partial charge in [-0.05, 0) is 60.8 Å². The molecule has 0 aliphatic carbocycles. The maximum absolute atomic E-state index is 9.70. The van der Waals surface area contributed by atoms with Gasteiger partial charge >= 0.3 is 11.9 Å². The molecular formula is C24H36ClNO6. The number of carboxylic acid groups (broad SMARTS) is 2. The minimum Gasteiger partial charge on any atom is -0.504 e. The van der Waals surface area contributed by atoms with Crippen molar-refractivity contribution in [3.05, 3.63) is 35.9 Å². The summed E-state index contributed by atoms with van der Waals surface area (Å²) in [7, 11) is 0. The molecule has 8 heteroatoms. The van der Waals surface area contributed by atoms with Crippen LogP contribution >= 0.6 is 12.4 Å². The van der Waals surface area contributed by atoms with Gasteiger partial charge in [0.2, 0.25) is 0 Å². The normalized spacial score (nSPS) is 13.1. The summed E-state index contributed by atoms with van der Waals surface area (Å²) in [4.78, 5) is 21.9. The standard InChI is InChI=1S/C16H19NO2.2C4H8O2.ClH/c18-15-10-13-4-3-12(9-14(13)11-16(15)19)5-8-17-6-1-2-7-17;2*1-3(2)4(5)6;/h3-4,9-11,18-19H,1-2,5-8H2;2*3H,1-2H3,(H,5,6);1H. The molecule has 0 unspecified atom stereocenters. The van der Waals surface area contributed by atoms with Crippen molar-refractivity contribution in [1.82, 2.24) is 4.90 Å². The highest BCUT2D eigenvalue weighted by Crippen LogP contribution is 2.30. The molecule has 3 rings (SSSR count). The second kappa shape index (κ2) is 14.5. The summed E-state index contributed by atoms with van der Waals surface area (Å²) in [5.41, 5.74) is 1.28. The molecule has 0 saturated carbocycles. The predicted octanol–water partition coefficient (Wildman–Crippen LogP) is 4.77. The van der Waals surface area contributed by atoms with Crippen LogP contribution in [-0.2, 0) is 16.0 Å². The Labute approximate surface area is 196 Å². The molecule has 0 amide bonds. The van der Waals surface area contributed by atoms with Gasteiger partial charge in [-0.3, -0.25) is 9.59 Å². The minimum absolute atomic E-state index is 0.